The molecule has 1 heterocycles. The summed E-state index contributed by atoms with van der Waals surface area (Å²) in [5.41, 5.74) is 1.00. The minimum absolute atomic E-state index is 0.00386. The van der Waals surface area contributed by atoms with Gasteiger partial charge in [0.1, 0.15) is 0 Å². The number of allylic oxidation sites excluding steroid dienone is 2. The van der Waals surface area contributed by atoms with Gasteiger partial charge in [-0.15, -0.1) is 0 Å². The third-order valence-corrected chi connectivity index (χ3v) is 6.11. The Morgan fingerprint density at radius 2 is 1.79 bits per heavy atom. The number of carbonyl (C=O) groups is 3. The Morgan fingerprint density at radius 3 is 2.29 bits per heavy atom. The van der Waals surface area contributed by atoms with E-state index >= 15 is 0 Å². The topological polar surface area (TPSA) is 110 Å². The fraction of sp³-hybridized carbons (Fsp3) is 0.450. The number of amides is 3. The number of hydrogen-bond donors (Lipinski definition) is 1. The number of anilines is 1. The maximum Gasteiger partial charge on any atom is 0.269 e. The third kappa shape index (κ3) is 2.98. The van der Waals surface area contributed by atoms with E-state index in [2.05, 4.69) is 17.5 Å². The summed E-state index contributed by atoms with van der Waals surface area (Å²) < 4.78 is 0. The molecule has 8 nitrogen and oxygen atoms in total. The van der Waals surface area contributed by atoms with Gasteiger partial charge in [0.2, 0.25) is 17.7 Å². The summed E-state index contributed by atoms with van der Waals surface area (Å²) in [6, 6.07) is 4.19. The molecule has 1 aliphatic heterocycles. The van der Waals surface area contributed by atoms with Gasteiger partial charge >= 0.3 is 0 Å². The van der Waals surface area contributed by atoms with Crippen LogP contribution in [-0.4, -0.2) is 34.1 Å². The number of benzene rings is 1. The Hall–Kier alpha value is -3.03. The van der Waals surface area contributed by atoms with E-state index < -0.39 is 4.92 Å². The Kier molecular flexibility index (Phi) is 4.49. The van der Waals surface area contributed by atoms with Gasteiger partial charge in [-0.2, -0.15) is 0 Å². The number of carbonyl (C=O) groups excluding carboxylic acids is 3. The zero-order valence-electron chi connectivity index (χ0n) is 15.5. The van der Waals surface area contributed by atoms with E-state index in [1.165, 1.54) is 23.1 Å². The summed E-state index contributed by atoms with van der Waals surface area (Å²) in [7, 11) is 0. The van der Waals surface area contributed by atoms with Gasteiger partial charge in [-0.1, -0.05) is 12.2 Å². The van der Waals surface area contributed by atoms with Crippen LogP contribution in [0.25, 0.3) is 0 Å². The molecule has 4 atom stereocenters. The molecule has 28 heavy (non-hydrogen) atoms. The van der Waals surface area contributed by atoms with Gasteiger partial charge in [0, 0.05) is 30.8 Å². The zero-order chi connectivity index (χ0) is 20.0. The normalized spacial score (nSPS) is 27.8. The molecule has 1 saturated carbocycles. The van der Waals surface area contributed by atoms with Crippen LogP contribution in [0.3, 0.4) is 0 Å². The summed E-state index contributed by atoms with van der Waals surface area (Å²) in [5.74, 6) is -0.927. The molecule has 0 unspecified atom stereocenters. The molecule has 3 aliphatic carbocycles. The van der Waals surface area contributed by atoms with Crippen LogP contribution in [-0.2, 0) is 14.4 Å². The smallest absolute Gasteiger partial charge is 0.269 e. The van der Waals surface area contributed by atoms with Crippen molar-refractivity contribution >= 4 is 29.1 Å². The van der Waals surface area contributed by atoms with Gasteiger partial charge in [-0.05, 0) is 43.2 Å². The molecule has 2 bridgehead atoms. The zero-order valence-corrected chi connectivity index (χ0v) is 15.5. The number of nitro groups is 1. The number of likely N-dealkylation sites (tertiary alicyclic amines) is 1. The summed E-state index contributed by atoms with van der Waals surface area (Å²) in [4.78, 5) is 49.3. The van der Waals surface area contributed by atoms with Crippen LogP contribution >= 0.6 is 0 Å². The number of aryl methyl sites for hydroxylation is 1. The molecule has 1 N–H and O–H groups in total. The average Bonchev–Trinajstić information content (AvgIpc) is 2.95. The van der Waals surface area contributed by atoms with Crippen LogP contribution in [0.5, 0.6) is 0 Å². The second-order valence-corrected chi connectivity index (χ2v) is 7.72. The molecule has 0 spiro atoms. The quantitative estimate of drug-likeness (QED) is 0.363. The molecular formula is C20H21N3O5. The average molecular weight is 383 g/mol. The standard InChI is InChI=1S/C20H21N3O5/c1-11-10-14(23(27)28)6-7-15(11)21-16(24)8-9-22-19(25)17-12-2-3-13(5-4-12)18(17)20(22)26/h2-3,6-7,10,12-13,17-18H,4-5,8-9H2,1H3,(H,21,24)/t12-,13-,17+,18+/m0/s1. The highest BCUT2D eigenvalue weighted by Gasteiger charge is 2.56. The lowest BCUT2D eigenvalue weighted by molar-refractivity contribution is -0.384. The minimum atomic E-state index is -0.495. The molecule has 1 aromatic rings. The van der Waals surface area contributed by atoms with E-state index in [9.17, 15) is 24.5 Å². The SMILES string of the molecule is Cc1cc([N+](=O)[O-])ccc1NC(=O)CCN1C(=O)[C@H]2[C@H](C1=O)[C@H]1C=C[C@H]2CC1. The number of imide groups is 1. The lowest BCUT2D eigenvalue weighted by atomic mass is 9.63. The third-order valence-electron chi connectivity index (χ3n) is 6.11. The van der Waals surface area contributed by atoms with Crippen LogP contribution in [0.4, 0.5) is 11.4 Å². The van der Waals surface area contributed by atoms with E-state index in [4.69, 9.17) is 0 Å². The summed E-state index contributed by atoms with van der Waals surface area (Å²) in [5, 5.41) is 13.5. The van der Waals surface area contributed by atoms with Gasteiger partial charge in [0.25, 0.3) is 5.69 Å². The fourth-order valence-electron chi connectivity index (χ4n) is 4.68. The molecule has 5 rings (SSSR count). The van der Waals surface area contributed by atoms with E-state index in [0.717, 1.165) is 12.8 Å². The molecule has 8 heteroatoms. The number of non-ortho nitro benzene ring substituents is 1. The first kappa shape index (κ1) is 18.3. The molecule has 1 aromatic carbocycles. The Labute approximate surface area is 161 Å². The monoisotopic (exact) mass is 383 g/mol. The van der Waals surface area contributed by atoms with Crippen molar-refractivity contribution < 1.29 is 19.3 Å². The Morgan fingerprint density at radius 1 is 1.18 bits per heavy atom. The highest BCUT2D eigenvalue weighted by molar-refractivity contribution is 6.06. The van der Waals surface area contributed by atoms with Gasteiger partial charge in [0.15, 0.2) is 0 Å². The largest absolute Gasteiger partial charge is 0.326 e. The first-order chi connectivity index (χ1) is 13.4. The van der Waals surface area contributed by atoms with E-state index in [-0.39, 0.29) is 60.0 Å². The van der Waals surface area contributed by atoms with Crippen molar-refractivity contribution in [2.75, 3.05) is 11.9 Å². The van der Waals surface area contributed by atoms with Crippen molar-refractivity contribution in [3.63, 3.8) is 0 Å². The van der Waals surface area contributed by atoms with Crippen molar-refractivity contribution in [3.05, 3.63) is 46.0 Å². The number of hydrogen-bond acceptors (Lipinski definition) is 5. The molecule has 0 aromatic heterocycles. The number of nitrogens with one attached hydrogen (secondary N) is 1. The van der Waals surface area contributed by atoms with Crippen molar-refractivity contribution in [1.29, 1.82) is 0 Å². The summed E-state index contributed by atoms with van der Waals surface area (Å²) in [6.07, 6.45) is 6.00. The Bertz CT molecular complexity index is 877. The number of rotatable bonds is 5. The second-order valence-electron chi connectivity index (χ2n) is 7.72. The van der Waals surface area contributed by atoms with Crippen molar-refractivity contribution in [1.82, 2.24) is 4.90 Å². The summed E-state index contributed by atoms with van der Waals surface area (Å²) >= 11 is 0. The first-order valence-electron chi connectivity index (χ1n) is 9.45. The first-order valence-corrected chi connectivity index (χ1v) is 9.45. The molecule has 0 radical (unpaired) electrons. The van der Waals surface area contributed by atoms with Gasteiger partial charge in [-0.3, -0.25) is 29.4 Å². The maximum atomic E-state index is 12.7. The summed E-state index contributed by atoms with van der Waals surface area (Å²) in [6.45, 7) is 1.73. The predicted molar refractivity (Wildman–Crippen MR) is 100 cm³/mol. The molecule has 1 saturated heterocycles. The van der Waals surface area contributed by atoms with Crippen molar-refractivity contribution in [2.24, 2.45) is 23.7 Å². The number of nitrogens with zero attached hydrogens (tertiary/aromatic N) is 2. The van der Waals surface area contributed by atoms with Crippen LogP contribution in [0.15, 0.2) is 30.4 Å². The second kappa shape index (κ2) is 6.85. The van der Waals surface area contributed by atoms with Crippen LogP contribution in [0.1, 0.15) is 24.8 Å². The van der Waals surface area contributed by atoms with Crippen molar-refractivity contribution in [2.45, 2.75) is 26.2 Å². The maximum absolute atomic E-state index is 12.7. The molecular weight excluding hydrogens is 362 g/mol. The van der Waals surface area contributed by atoms with Crippen LogP contribution < -0.4 is 5.32 Å². The highest BCUT2D eigenvalue weighted by Crippen LogP contribution is 2.49. The van der Waals surface area contributed by atoms with Gasteiger partial charge in [-0.25, -0.2) is 0 Å². The molecule has 2 fully saturated rings. The van der Waals surface area contributed by atoms with Gasteiger partial charge in [0.05, 0.1) is 16.8 Å². The lowest BCUT2D eigenvalue weighted by Crippen LogP contribution is -2.38. The minimum Gasteiger partial charge on any atom is -0.326 e. The number of nitro benzene ring substituents is 1. The van der Waals surface area contributed by atoms with E-state index in [0.29, 0.717) is 11.3 Å². The van der Waals surface area contributed by atoms with Crippen LogP contribution in [0.2, 0.25) is 0 Å². The molecule has 4 aliphatic rings. The fourth-order valence-corrected chi connectivity index (χ4v) is 4.68. The van der Waals surface area contributed by atoms with Crippen LogP contribution in [0, 0.1) is 40.7 Å². The van der Waals surface area contributed by atoms with E-state index in [1.807, 2.05) is 0 Å². The van der Waals surface area contributed by atoms with Crippen molar-refractivity contribution in [3.8, 4) is 0 Å². The molecule has 3 amide bonds. The Balaban J connectivity index is 1.38. The number of fused-ring (bicyclic) bond motifs is 1. The van der Waals surface area contributed by atoms with E-state index in [1.54, 1.807) is 6.92 Å². The predicted octanol–water partition coefficient (Wildman–Crippen LogP) is 2.43. The lowest BCUT2D eigenvalue weighted by Gasteiger charge is -2.38. The molecule has 146 valence electrons. The van der Waals surface area contributed by atoms with Gasteiger partial charge < -0.3 is 5.32 Å². The highest BCUT2D eigenvalue weighted by atomic mass is 16.6.